The van der Waals surface area contributed by atoms with Crippen molar-refractivity contribution >= 4 is 11.5 Å². The van der Waals surface area contributed by atoms with Gasteiger partial charge in [0.25, 0.3) is 0 Å². The summed E-state index contributed by atoms with van der Waals surface area (Å²) < 4.78 is 38.0. The lowest BCUT2D eigenvalue weighted by Gasteiger charge is -2.33. The van der Waals surface area contributed by atoms with Crippen LogP contribution in [0.5, 0.6) is 0 Å². The van der Waals surface area contributed by atoms with Gasteiger partial charge >= 0.3 is 6.18 Å². The zero-order valence-electron chi connectivity index (χ0n) is 12.4. The Bertz CT molecular complexity index is 637. The highest BCUT2D eigenvalue weighted by atomic mass is 19.4. The maximum Gasteiger partial charge on any atom is 0.433 e. The fraction of sp³-hybridized carbons (Fsp3) is 0.375. The van der Waals surface area contributed by atoms with Gasteiger partial charge in [0.1, 0.15) is 11.5 Å². The Morgan fingerprint density at radius 3 is 2.48 bits per heavy atom. The number of nitrogens with zero attached hydrogens (tertiary/aromatic N) is 3. The lowest BCUT2D eigenvalue weighted by atomic mass is 10.0. The molecule has 0 unspecified atom stereocenters. The molecular formula is C16H17F3N4. The van der Waals surface area contributed by atoms with Gasteiger partial charge in [-0.15, -0.1) is 0 Å². The standard InChI is InChI=1S/C16H17F3N4/c17-16(18,19)14-11-13(4-8-20-14)22-12-5-9-23(10-6-12)15-3-1-2-7-21-15/h1-4,7-8,11-12H,5-6,9-10H2,(H,20,22). The molecule has 122 valence electrons. The van der Waals surface area contributed by atoms with Gasteiger partial charge in [-0.05, 0) is 37.1 Å². The van der Waals surface area contributed by atoms with E-state index in [-0.39, 0.29) is 6.04 Å². The molecule has 0 saturated carbocycles. The molecule has 0 radical (unpaired) electrons. The van der Waals surface area contributed by atoms with Crippen LogP contribution in [0.25, 0.3) is 0 Å². The Morgan fingerprint density at radius 1 is 1.04 bits per heavy atom. The van der Waals surface area contributed by atoms with E-state index >= 15 is 0 Å². The highest BCUT2D eigenvalue weighted by Gasteiger charge is 2.32. The molecule has 0 aromatic carbocycles. The SMILES string of the molecule is FC(F)(F)c1cc(NC2CCN(c3ccccn3)CC2)ccn1. The third kappa shape index (κ3) is 3.91. The van der Waals surface area contributed by atoms with Crippen LogP contribution in [0.4, 0.5) is 24.7 Å². The van der Waals surface area contributed by atoms with Gasteiger partial charge in [0.15, 0.2) is 0 Å². The molecular weight excluding hydrogens is 305 g/mol. The fourth-order valence-corrected chi connectivity index (χ4v) is 2.70. The summed E-state index contributed by atoms with van der Waals surface area (Å²) in [5, 5.41) is 3.18. The van der Waals surface area contributed by atoms with Crippen molar-refractivity contribution in [2.24, 2.45) is 0 Å². The second-order valence-electron chi connectivity index (χ2n) is 5.52. The third-order valence-electron chi connectivity index (χ3n) is 3.89. The summed E-state index contributed by atoms with van der Waals surface area (Å²) in [5.74, 6) is 0.939. The third-order valence-corrected chi connectivity index (χ3v) is 3.89. The van der Waals surface area contributed by atoms with E-state index in [1.165, 1.54) is 6.20 Å². The largest absolute Gasteiger partial charge is 0.433 e. The Labute approximate surface area is 132 Å². The van der Waals surface area contributed by atoms with Crippen molar-refractivity contribution in [1.29, 1.82) is 0 Å². The van der Waals surface area contributed by atoms with Gasteiger partial charge in [-0.3, -0.25) is 4.98 Å². The Morgan fingerprint density at radius 2 is 1.83 bits per heavy atom. The molecule has 0 aliphatic carbocycles. The highest BCUT2D eigenvalue weighted by Crippen LogP contribution is 2.29. The van der Waals surface area contributed by atoms with Gasteiger partial charge < -0.3 is 10.2 Å². The highest BCUT2D eigenvalue weighted by molar-refractivity contribution is 5.45. The molecule has 2 aromatic rings. The number of aromatic nitrogens is 2. The van der Waals surface area contributed by atoms with E-state index in [9.17, 15) is 13.2 Å². The molecule has 0 bridgehead atoms. The number of hydrogen-bond acceptors (Lipinski definition) is 4. The van der Waals surface area contributed by atoms with E-state index in [4.69, 9.17) is 0 Å². The summed E-state index contributed by atoms with van der Waals surface area (Å²) in [6.45, 7) is 1.65. The van der Waals surface area contributed by atoms with Crippen molar-refractivity contribution in [3.8, 4) is 0 Å². The van der Waals surface area contributed by atoms with Crippen molar-refractivity contribution < 1.29 is 13.2 Å². The van der Waals surface area contributed by atoms with Crippen LogP contribution in [0, 0.1) is 0 Å². The fourth-order valence-electron chi connectivity index (χ4n) is 2.70. The molecule has 23 heavy (non-hydrogen) atoms. The molecule has 1 N–H and O–H groups in total. The van der Waals surface area contributed by atoms with Crippen LogP contribution < -0.4 is 10.2 Å². The second-order valence-corrected chi connectivity index (χ2v) is 5.52. The Kier molecular flexibility index (Phi) is 4.36. The van der Waals surface area contributed by atoms with E-state index < -0.39 is 11.9 Å². The van der Waals surface area contributed by atoms with Crippen LogP contribution in [0.2, 0.25) is 0 Å². The number of piperidine rings is 1. The van der Waals surface area contributed by atoms with E-state index in [0.717, 1.165) is 37.8 Å². The normalized spacial score (nSPS) is 16.4. The summed E-state index contributed by atoms with van der Waals surface area (Å²) in [6.07, 6.45) is 0.226. The van der Waals surface area contributed by atoms with Crippen molar-refractivity contribution in [2.75, 3.05) is 23.3 Å². The van der Waals surface area contributed by atoms with E-state index in [2.05, 4.69) is 20.2 Å². The zero-order chi connectivity index (χ0) is 16.3. The zero-order valence-corrected chi connectivity index (χ0v) is 12.4. The Balaban J connectivity index is 1.59. The van der Waals surface area contributed by atoms with Gasteiger partial charge in [0.05, 0.1) is 0 Å². The molecule has 1 saturated heterocycles. The molecule has 2 aromatic heterocycles. The van der Waals surface area contributed by atoms with E-state index in [0.29, 0.717) is 5.69 Å². The molecule has 3 heterocycles. The van der Waals surface area contributed by atoms with Crippen LogP contribution >= 0.6 is 0 Å². The first-order valence-electron chi connectivity index (χ1n) is 7.48. The molecule has 1 fully saturated rings. The smallest absolute Gasteiger partial charge is 0.382 e. The summed E-state index contributed by atoms with van der Waals surface area (Å²) in [7, 11) is 0. The number of rotatable bonds is 3. The molecule has 0 spiro atoms. The molecule has 7 heteroatoms. The van der Waals surface area contributed by atoms with Crippen LogP contribution in [0.3, 0.4) is 0 Å². The quantitative estimate of drug-likeness (QED) is 0.938. The molecule has 4 nitrogen and oxygen atoms in total. The minimum absolute atomic E-state index is 0.151. The first kappa shape index (κ1) is 15.6. The number of anilines is 2. The molecule has 0 amide bonds. The Hall–Kier alpha value is -2.31. The molecule has 3 rings (SSSR count). The van der Waals surface area contributed by atoms with E-state index in [1.54, 1.807) is 12.3 Å². The monoisotopic (exact) mass is 322 g/mol. The molecule has 0 atom stereocenters. The number of hydrogen-bond donors (Lipinski definition) is 1. The van der Waals surface area contributed by atoms with Crippen LogP contribution in [0.1, 0.15) is 18.5 Å². The van der Waals surface area contributed by atoms with Gasteiger partial charge in [-0.25, -0.2) is 4.98 Å². The predicted octanol–water partition coefficient (Wildman–Crippen LogP) is 3.58. The van der Waals surface area contributed by atoms with Crippen molar-refractivity contribution in [3.63, 3.8) is 0 Å². The van der Waals surface area contributed by atoms with Gasteiger partial charge in [0, 0.05) is 37.2 Å². The average molecular weight is 322 g/mol. The number of alkyl halides is 3. The number of nitrogens with one attached hydrogen (secondary N) is 1. The minimum Gasteiger partial charge on any atom is -0.382 e. The lowest BCUT2D eigenvalue weighted by molar-refractivity contribution is -0.141. The van der Waals surface area contributed by atoms with Crippen LogP contribution in [0.15, 0.2) is 42.7 Å². The topological polar surface area (TPSA) is 41.0 Å². The van der Waals surface area contributed by atoms with Crippen molar-refractivity contribution in [2.45, 2.75) is 25.1 Å². The van der Waals surface area contributed by atoms with Gasteiger partial charge in [-0.2, -0.15) is 13.2 Å². The summed E-state index contributed by atoms with van der Waals surface area (Å²) in [6, 6.07) is 8.57. The first-order valence-corrected chi connectivity index (χ1v) is 7.48. The van der Waals surface area contributed by atoms with Gasteiger partial charge in [0.2, 0.25) is 0 Å². The minimum atomic E-state index is -4.42. The average Bonchev–Trinajstić information content (AvgIpc) is 2.56. The van der Waals surface area contributed by atoms with Crippen LogP contribution in [-0.2, 0) is 6.18 Å². The maximum atomic E-state index is 12.7. The van der Waals surface area contributed by atoms with Crippen molar-refractivity contribution in [1.82, 2.24) is 9.97 Å². The first-order chi connectivity index (χ1) is 11.0. The predicted molar refractivity (Wildman–Crippen MR) is 82.3 cm³/mol. The van der Waals surface area contributed by atoms with Crippen molar-refractivity contribution in [3.05, 3.63) is 48.4 Å². The second kappa shape index (κ2) is 6.44. The number of halogens is 3. The number of pyridine rings is 2. The molecule has 1 aliphatic heterocycles. The van der Waals surface area contributed by atoms with Gasteiger partial charge in [-0.1, -0.05) is 6.07 Å². The summed E-state index contributed by atoms with van der Waals surface area (Å²) in [5.41, 5.74) is -0.406. The molecule has 1 aliphatic rings. The summed E-state index contributed by atoms with van der Waals surface area (Å²) in [4.78, 5) is 9.88. The van der Waals surface area contributed by atoms with Crippen LogP contribution in [-0.4, -0.2) is 29.1 Å². The lowest BCUT2D eigenvalue weighted by Crippen LogP contribution is -2.39. The maximum absolute atomic E-state index is 12.7. The van der Waals surface area contributed by atoms with E-state index in [1.807, 2.05) is 18.2 Å². The summed E-state index contributed by atoms with van der Waals surface area (Å²) >= 11 is 0.